The van der Waals surface area contributed by atoms with Gasteiger partial charge < -0.3 is 19.9 Å². The van der Waals surface area contributed by atoms with Crippen molar-refractivity contribution < 1.29 is 14.2 Å². The average molecular weight is 232 g/mol. The molecule has 1 saturated heterocycles. The fraction of sp³-hybridized carbons (Fsp3) is 1.00. The van der Waals surface area contributed by atoms with E-state index in [1.54, 1.807) is 0 Å². The van der Waals surface area contributed by atoms with Crippen molar-refractivity contribution >= 4 is 0 Å². The molecule has 5 nitrogen and oxygen atoms in total. The van der Waals surface area contributed by atoms with Gasteiger partial charge in [0.25, 0.3) is 0 Å². The fourth-order valence-electron chi connectivity index (χ4n) is 1.82. The van der Waals surface area contributed by atoms with Crippen molar-refractivity contribution in [2.75, 3.05) is 46.0 Å². The van der Waals surface area contributed by atoms with Crippen LogP contribution in [-0.2, 0) is 14.2 Å². The third kappa shape index (κ3) is 4.76. The van der Waals surface area contributed by atoms with E-state index in [0.717, 1.165) is 26.2 Å². The highest BCUT2D eigenvalue weighted by Crippen LogP contribution is 2.07. The summed E-state index contributed by atoms with van der Waals surface area (Å²) in [6.07, 6.45) is 0.0178. The van der Waals surface area contributed by atoms with E-state index in [1.807, 2.05) is 13.8 Å². The Morgan fingerprint density at radius 2 is 2.06 bits per heavy atom. The maximum atomic E-state index is 5.60. The fourth-order valence-corrected chi connectivity index (χ4v) is 1.82. The zero-order valence-corrected chi connectivity index (χ0v) is 10.4. The van der Waals surface area contributed by atoms with E-state index in [-0.39, 0.29) is 12.4 Å². The Labute approximate surface area is 97.8 Å². The lowest BCUT2D eigenvalue weighted by Gasteiger charge is -2.34. The van der Waals surface area contributed by atoms with Gasteiger partial charge in [0.05, 0.1) is 12.7 Å². The van der Waals surface area contributed by atoms with Crippen molar-refractivity contribution in [1.82, 2.24) is 4.90 Å². The lowest BCUT2D eigenvalue weighted by molar-refractivity contribution is -0.156. The number of nitrogens with two attached hydrogens (primary N) is 1. The van der Waals surface area contributed by atoms with Gasteiger partial charge in [-0.1, -0.05) is 0 Å². The van der Waals surface area contributed by atoms with Crippen molar-refractivity contribution in [3.05, 3.63) is 0 Å². The molecule has 0 saturated carbocycles. The van der Waals surface area contributed by atoms with Gasteiger partial charge in [0.15, 0.2) is 6.29 Å². The molecule has 0 radical (unpaired) electrons. The Bertz CT molecular complexity index is 175. The average Bonchev–Trinajstić information content (AvgIpc) is 2.30. The molecule has 1 rings (SSSR count). The molecule has 0 bridgehead atoms. The largest absolute Gasteiger partial charge is 0.374 e. The molecule has 0 aromatic rings. The molecule has 16 heavy (non-hydrogen) atoms. The molecular formula is C11H24N2O3. The van der Waals surface area contributed by atoms with E-state index in [4.69, 9.17) is 19.9 Å². The Morgan fingerprint density at radius 1 is 1.38 bits per heavy atom. The second-order valence-electron chi connectivity index (χ2n) is 3.83. The zero-order valence-electron chi connectivity index (χ0n) is 10.4. The Morgan fingerprint density at radius 3 is 2.62 bits per heavy atom. The molecule has 0 amide bonds. The SMILES string of the molecule is CCOC(CN1CCOC(CN)C1)OCC. The van der Waals surface area contributed by atoms with E-state index in [1.165, 1.54) is 0 Å². The predicted octanol–water partition coefficient (Wildman–Crippen LogP) is 0.0450. The maximum absolute atomic E-state index is 5.60. The van der Waals surface area contributed by atoms with E-state index in [2.05, 4.69) is 4.90 Å². The summed E-state index contributed by atoms with van der Waals surface area (Å²) in [6, 6.07) is 0. The summed E-state index contributed by atoms with van der Waals surface area (Å²) in [5, 5.41) is 0. The highest BCUT2D eigenvalue weighted by Gasteiger charge is 2.22. The number of hydrogen-bond donors (Lipinski definition) is 1. The standard InChI is InChI=1S/C11H24N2O3/c1-3-14-11(15-4-2)9-13-5-6-16-10(7-12)8-13/h10-11H,3-9,12H2,1-2H3. The summed E-state index contributed by atoms with van der Waals surface area (Å²) >= 11 is 0. The molecule has 5 heteroatoms. The van der Waals surface area contributed by atoms with Crippen LogP contribution in [0.3, 0.4) is 0 Å². The normalized spacial score (nSPS) is 22.9. The van der Waals surface area contributed by atoms with Crippen LogP contribution in [0.4, 0.5) is 0 Å². The molecule has 1 aliphatic heterocycles. The Hall–Kier alpha value is -0.200. The van der Waals surface area contributed by atoms with E-state index in [9.17, 15) is 0 Å². The van der Waals surface area contributed by atoms with Crippen LogP contribution >= 0.6 is 0 Å². The molecule has 2 N–H and O–H groups in total. The minimum Gasteiger partial charge on any atom is -0.374 e. The first kappa shape index (κ1) is 13.9. The Balaban J connectivity index is 2.31. The summed E-state index contributed by atoms with van der Waals surface area (Å²) in [6.45, 7) is 9.21. The quantitative estimate of drug-likeness (QED) is 0.628. The van der Waals surface area contributed by atoms with Gasteiger partial charge in [-0.15, -0.1) is 0 Å². The van der Waals surface area contributed by atoms with E-state index >= 15 is 0 Å². The molecule has 1 unspecified atom stereocenters. The number of ether oxygens (including phenoxy) is 3. The van der Waals surface area contributed by atoms with Crippen LogP contribution in [0, 0.1) is 0 Å². The molecule has 1 atom stereocenters. The van der Waals surface area contributed by atoms with Gasteiger partial charge in [-0.2, -0.15) is 0 Å². The Kier molecular flexibility index (Phi) is 6.91. The maximum Gasteiger partial charge on any atom is 0.170 e. The summed E-state index contributed by atoms with van der Waals surface area (Å²) < 4.78 is 16.5. The van der Waals surface area contributed by atoms with Gasteiger partial charge in [-0.05, 0) is 13.8 Å². The van der Waals surface area contributed by atoms with Crippen molar-refractivity contribution in [1.29, 1.82) is 0 Å². The summed E-state index contributed by atoms with van der Waals surface area (Å²) in [7, 11) is 0. The first-order chi connectivity index (χ1) is 7.80. The molecular weight excluding hydrogens is 208 g/mol. The van der Waals surface area contributed by atoms with E-state index < -0.39 is 0 Å². The summed E-state index contributed by atoms with van der Waals surface area (Å²) in [4.78, 5) is 2.29. The van der Waals surface area contributed by atoms with Crippen molar-refractivity contribution in [2.24, 2.45) is 5.73 Å². The third-order valence-electron chi connectivity index (χ3n) is 2.60. The van der Waals surface area contributed by atoms with Gasteiger partial charge in [-0.25, -0.2) is 0 Å². The van der Waals surface area contributed by atoms with Crippen molar-refractivity contribution in [3.63, 3.8) is 0 Å². The summed E-state index contributed by atoms with van der Waals surface area (Å²) in [5.74, 6) is 0. The van der Waals surface area contributed by atoms with Crippen molar-refractivity contribution in [2.45, 2.75) is 26.2 Å². The second-order valence-corrected chi connectivity index (χ2v) is 3.83. The summed E-state index contributed by atoms with van der Waals surface area (Å²) in [5.41, 5.74) is 5.60. The minimum absolute atomic E-state index is 0.133. The molecule has 0 aromatic carbocycles. The molecule has 1 heterocycles. The minimum atomic E-state index is -0.133. The number of nitrogens with zero attached hydrogens (tertiary/aromatic N) is 1. The van der Waals surface area contributed by atoms with Gasteiger partial charge in [0, 0.05) is 39.4 Å². The molecule has 0 aliphatic carbocycles. The molecule has 0 spiro atoms. The van der Waals surface area contributed by atoms with Gasteiger partial charge in [0.1, 0.15) is 0 Å². The lowest BCUT2D eigenvalue weighted by atomic mass is 10.2. The van der Waals surface area contributed by atoms with Crippen molar-refractivity contribution in [3.8, 4) is 0 Å². The first-order valence-electron chi connectivity index (χ1n) is 6.07. The molecule has 0 aromatic heterocycles. The highest BCUT2D eigenvalue weighted by atomic mass is 16.7. The molecule has 1 fully saturated rings. The van der Waals surface area contributed by atoms with Crippen LogP contribution in [0.2, 0.25) is 0 Å². The number of morpholine rings is 1. The third-order valence-corrected chi connectivity index (χ3v) is 2.60. The van der Waals surface area contributed by atoms with Crippen LogP contribution in [0.1, 0.15) is 13.8 Å². The first-order valence-corrected chi connectivity index (χ1v) is 6.07. The smallest absolute Gasteiger partial charge is 0.170 e. The topological polar surface area (TPSA) is 57.0 Å². The predicted molar refractivity (Wildman–Crippen MR) is 62.3 cm³/mol. The van der Waals surface area contributed by atoms with Crippen LogP contribution in [0.15, 0.2) is 0 Å². The number of rotatable bonds is 7. The van der Waals surface area contributed by atoms with Gasteiger partial charge >= 0.3 is 0 Å². The highest BCUT2D eigenvalue weighted by molar-refractivity contribution is 4.72. The van der Waals surface area contributed by atoms with Crippen LogP contribution in [-0.4, -0.2) is 63.3 Å². The lowest BCUT2D eigenvalue weighted by Crippen LogP contribution is -2.48. The van der Waals surface area contributed by atoms with Crippen LogP contribution < -0.4 is 5.73 Å². The monoisotopic (exact) mass is 232 g/mol. The molecule has 96 valence electrons. The zero-order chi connectivity index (χ0) is 11.8. The van der Waals surface area contributed by atoms with E-state index in [0.29, 0.717) is 19.8 Å². The van der Waals surface area contributed by atoms with Crippen LogP contribution in [0.5, 0.6) is 0 Å². The second kappa shape index (κ2) is 7.97. The van der Waals surface area contributed by atoms with Gasteiger partial charge in [-0.3, -0.25) is 4.90 Å². The van der Waals surface area contributed by atoms with Gasteiger partial charge in [0.2, 0.25) is 0 Å². The molecule has 1 aliphatic rings. The van der Waals surface area contributed by atoms with Crippen LogP contribution in [0.25, 0.3) is 0 Å². The number of hydrogen-bond acceptors (Lipinski definition) is 5.